The van der Waals surface area contributed by atoms with Crippen LogP contribution in [0.2, 0.25) is 0 Å². The zero-order chi connectivity index (χ0) is 10.4. The van der Waals surface area contributed by atoms with Gasteiger partial charge in [-0.2, -0.15) is 0 Å². The van der Waals surface area contributed by atoms with E-state index in [4.69, 9.17) is 10.8 Å². The summed E-state index contributed by atoms with van der Waals surface area (Å²) in [7, 11) is 0. The van der Waals surface area contributed by atoms with E-state index in [-0.39, 0.29) is 11.3 Å². The monoisotopic (exact) mass is 181 g/mol. The van der Waals surface area contributed by atoms with Crippen LogP contribution in [0, 0.1) is 6.92 Å². The number of benzene rings is 1. The van der Waals surface area contributed by atoms with Crippen LogP contribution in [0.25, 0.3) is 0 Å². The Morgan fingerprint density at radius 1 is 1.38 bits per heavy atom. The largest absolute Gasteiger partial charge is 0.507 e. The lowest BCUT2D eigenvalue weighted by atomic mass is 10.1. The molecule has 0 unspecified atom stereocenters. The maximum absolute atomic E-state index is 10.6. The molecule has 3 nitrogen and oxygen atoms in total. The molecule has 0 aliphatic heterocycles. The molecule has 0 saturated carbocycles. The molecule has 1 rings (SSSR count). The van der Waals surface area contributed by atoms with Gasteiger partial charge in [0.2, 0.25) is 0 Å². The third-order valence-electron chi connectivity index (χ3n) is 1.42. The summed E-state index contributed by atoms with van der Waals surface area (Å²) in [5.41, 5.74) is 6.02. The van der Waals surface area contributed by atoms with Gasteiger partial charge in [0, 0.05) is 0 Å². The number of aryl methyl sites for hydroxylation is 1. The molecule has 1 amide bonds. The Balaban J connectivity index is 0.000000671. The molecule has 0 fully saturated rings. The van der Waals surface area contributed by atoms with Crippen LogP contribution in [-0.4, -0.2) is 11.0 Å². The van der Waals surface area contributed by atoms with E-state index in [0.29, 0.717) is 0 Å². The first kappa shape index (κ1) is 11.5. The standard InChI is InChI=1S/C8H9NO2.C2H6/c1-5-2-3-6(8(9)11)7(10)4-5;1-2/h2-4,10H,1H3,(H2,9,11);1-2H3. The summed E-state index contributed by atoms with van der Waals surface area (Å²) < 4.78 is 0. The van der Waals surface area contributed by atoms with Gasteiger partial charge < -0.3 is 10.8 Å². The zero-order valence-electron chi connectivity index (χ0n) is 8.16. The molecule has 0 aliphatic carbocycles. The average molecular weight is 181 g/mol. The maximum Gasteiger partial charge on any atom is 0.252 e. The Morgan fingerprint density at radius 3 is 2.31 bits per heavy atom. The topological polar surface area (TPSA) is 63.3 Å². The smallest absolute Gasteiger partial charge is 0.252 e. The zero-order valence-corrected chi connectivity index (χ0v) is 8.16. The number of nitrogens with two attached hydrogens (primary N) is 1. The molecule has 0 radical (unpaired) electrons. The molecule has 0 bridgehead atoms. The van der Waals surface area contributed by atoms with Crippen LogP contribution in [0.4, 0.5) is 0 Å². The van der Waals surface area contributed by atoms with E-state index < -0.39 is 5.91 Å². The van der Waals surface area contributed by atoms with Crippen molar-refractivity contribution in [2.24, 2.45) is 5.73 Å². The minimum Gasteiger partial charge on any atom is -0.507 e. The molecule has 1 aromatic carbocycles. The first-order valence-electron chi connectivity index (χ1n) is 4.20. The third kappa shape index (κ3) is 3.15. The molecule has 13 heavy (non-hydrogen) atoms. The van der Waals surface area contributed by atoms with Gasteiger partial charge in [0.1, 0.15) is 5.75 Å². The number of carbonyl (C=O) groups excluding carboxylic acids is 1. The van der Waals surface area contributed by atoms with Gasteiger partial charge in [-0.05, 0) is 24.6 Å². The van der Waals surface area contributed by atoms with Crippen LogP contribution >= 0.6 is 0 Å². The summed E-state index contributed by atoms with van der Waals surface area (Å²) in [6, 6.07) is 4.73. The lowest BCUT2D eigenvalue weighted by Crippen LogP contribution is -2.10. The van der Waals surface area contributed by atoms with Gasteiger partial charge in [-0.25, -0.2) is 0 Å². The highest BCUT2D eigenvalue weighted by molar-refractivity contribution is 5.95. The lowest BCUT2D eigenvalue weighted by Gasteiger charge is -1.99. The second-order valence-corrected chi connectivity index (χ2v) is 2.38. The van der Waals surface area contributed by atoms with Crippen LogP contribution in [0.15, 0.2) is 18.2 Å². The highest BCUT2D eigenvalue weighted by Gasteiger charge is 2.05. The second kappa shape index (κ2) is 5.19. The van der Waals surface area contributed by atoms with Crippen LogP contribution in [0.3, 0.4) is 0 Å². The summed E-state index contributed by atoms with van der Waals surface area (Å²) >= 11 is 0. The molecular weight excluding hydrogens is 166 g/mol. The Morgan fingerprint density at radius 2 is 1.92 bits per heavy atom. The van der Waals surface area contributed by atoms with Crippen molar-refractivity contribution in [2.75, 3.05) is 0 Å². The van der Waals surface area contributed by atoms with Crippen molar-refractivity contribution in [1.29, 1.82) is 0 Å². The number of primary amides is 1. The molecule has 72 valence electrons. The number of amides is 1. The van der Waals surface area contributed by atoms with Crippen LogP contribution in [0.5, 0.6) is 5.75 Å². The third-order valence-corrected chi connectivity index (χ3v) is 1.42. The minimum absolute atomic E-state index is 0.0579. The number of carbonyl (C=O) groups is 1. The molecule has 3 N–H and O–H groups in total. The Kier molecular flexibility index (Phi) is 4.59. The van der Waals surface area contributed by atoms with Gasteiger partial charge in [-0.15, -0.1) is 0 Å². The van der Waals surface area contributed by atoms with Crippen LogP contribution < -0.4 is 5.73 Å². The van der Waals surface area contributed by atoms with Crippen molar-refractivity contribution in [3.05, 3.63) is 29.3 Å². The quantitative estimate of drug-likeness (QED) is 0.694. The molecule has 0 heterocycles. The van der Waals surface area contributed by atoms with Crippen molar-refractivity contribution >= 4 is 5.91 Å². The SMILES string of the molecule is CC.Cc1ccc(C(N)=O)c(O)c1. The number of aromatic hydroxyl groups is 1. The fourth-order valence-electron chi connectivity index (χ4n) is 0.850. The van der Waals surface area contributed by atoms with Gasteiger partial charge in [0.15, 0.2) is 0 Å². The Hall–Kier alpha value is -1.51. The van der Waals surface area contributed by atoms with E-state index in [1.807, 2.05) is 20.8 Å². The van der Waals surface area contributed by atoms with Crippen molar-refractivity contribution in [2.45, 2.75) is 20.8 Å². The lowest BCUT2D eigenvalue weighted by molar-refractivity contribution is 0.0998. The molecule has 0 aliphatic rings. The van der Waals surface area contributed by atoms with Gasteiger partial charge in [-0.3, -0.25) is 4.79 Å². The number of rotatable bonds is 1. The summed E-state index contributed by atoms with van der Waals surface area (Å²) in [4.78, 5) is 10.6. The fraction of sp³-hybridized carbons (Fsp3) is 0.300. The molecule has 0 saturated heterocycles. The molecular formula is C10H15NO2. The van der Waals surface area contributed by atoms with Gasteiger partial charge in [-0.1, -0.05) is 19.9 Å². The fourth-order valence-corrected chi connectivity index (χ4v) is 0.850. The van der Waals surface area contributed by atoms with Gasteiger partial charge in [0.25, 0.3) is 5.91 Å². The second-order valence-electron chi connectivity index (χ2n) is 2.38. The first-order valence-corrected chi connectivity index (χ1v) is 4.20. The minimum atomic E-state index is -0.609. The molecule has 1 aromatic rings. The highest BCUT2D eigenvalue weighted by atomic mass is 16.3. The Labute approximate surface area is 78.2 Å². The van der Waals surface area contributed by atoms with Crippen molar-refractivity contribution in [3.8, 4) is 5.75 Å². The van der Waals surface area contributed by atoms with E-state index in [9.17, 15) is 4.79 Å². The molecule has 0 atom stereocenters. The van der Waals surface area contributed by atoms with Crippen LogP contribution in [-0.2, 0) is 0 Å². The molecule has 3 heteroatoms. The normalized spacial score (nSPS) is 8.54. The van der Waals surface area contributed by atoms with Crippen LogP contribution in [0.1, 0.15) is 29.8 Å². The predicted molar refractivity (Wildman–Crippen MR) is 52.7 cm³/mol. The van der Waals surface area contributed by atoms with Gasteiger partial charge in [0.05, 0.1) is 5.56 Å². The summed E-state index contributed by atoms with van der Waals surface area (Å²) in [5.74, 6) is -0.667. The highest BCUT2D eigenvalue weighted by Crippen LogP contribution is 2.17. The maximum atomic E-state index is 10.6. The molecule has 0 spiro atoms. The Bertz CT molecular complexity index is 295. The summed E-state index contributed by atoms with van der Waals surface area (Å²) in [6.07, 6.45) is 0. The van der Waals surface area contributed by atoms with Crippen molar-refractivity contribution in [3.63, 3.8) is 0 Å². The molecule has 0 aromatic heterocycles. The van der Waals surface area contributed by atoms with E-state index in [2.05, 4.69) is 0 Å². The number of phenols is 1. The van der Waals surface area contributed by atoms with Crippen molar-refractivity contribution in [1.82, 2.24) is 0 Å². The summed E-state index contributed by atoms with van der Waals surface area (Å²) in [5, 5.41) is 9.16. The number of hydrogen-bond acceptors (Lipinski definition) is 2. The van der Waals surface area contributed by atoms with E-state index in [0.717, 1.165) is 5.56 Å². The van der Waals surface area contributed by atoms with Crippen molar-refractivity contribution < 1.29 is 9.90 Å². The number of hydrogen-bond donors (Lipinski definition) is 2. The summed E-state index contributed by atoms with van der Waals surface area (Å²) in [6.45, 7) is 5.82. The predicted octanol–water partition coefficient (Wildman–Crippen LogP) is 1.83. The van der Waals surface area contributed by atoms with E-state index >= 15 is 0 Å². The average Bonchev–Trinajstić information content (AvgIpc) is 2.07. The van der Waals surface area contributed by atoms with E-state index in [1.165, 1.54) is 12.1 Å². The van der Waals surface area contributed by atoms with E-state index in [1.54, 1.807) is 6.07 Å². The van der Waals surface area contributed by atoms with Gasteiger partial charge >= 0.3 is 0 Å². The first-order chi connectivity index (χ1) is 6.11.